The van der Waals surface area contributed by atoms with Gasteiger partial charge in [-0.25, -0.2) is 0 Å². The molecule has 1 fully saturated rings. The summed E-state index contributed by atoms with van der Waals surface area (Å²) in [5.74, 6) is -2.61. The van der Waals surface area contributed by atoms with Gasteiger partial charge in [0.1, 0.15) is 6.10 Å². The average Bonchev–Trinajstić information content (AvgIpc) is 2.46. The van der Waals surface area contributed by atoms with Crippen LogP contribution in [0.3, 0.4) is 0 Å². The Kier molecular flexibility index (Phi) is 4.37. The van der Waals surface area contributed by atoms with Gasteiger partial charge in [0.15, 0.2) is 5.41 Å². The molecule has 1 saturated heterocycles. The largest absolute Gasteiger partial charge is 0.422 e. The Morgan fingerprint density at radius 1 is 1.14 bits per heavy atom. The minimum atomic E-state index is -1.56. The van der Waals surface area contributed by atoms with Gasteiger partial charge < -0.3 is 14.2 Å². The second-order valence-corrected chi connectivity index (χ2v) is 5.83. The molecule has 0 saturated carbocycles. The summed E-state index contributed by atoms with van der Waals surface area (Å²) >= 11 is 0. The molecule has 0 unspecified atom stereocenters. The van der Waals surface area contributed by atoms with Gasteiger partial charge in [0.05, 0.1) is 6.61 Å². The van der Waals surface area contributed by atoms with Crippen LogP contribution in [0, 0.1) is 5.41 Å². The third kappa shape index (κ3) is 3.04. The minimum absolute atomic E-state index is 0.247. The fourth-order valence-electron chi connectivity index (χ4n) is 2.23. The molecular weight excluding hydrogens is 284 g/mol. The van der Waals surface area contributed by atoms with E-state index in [-0.39, 0.29) is 6.61 Å². The smallest absolute Gasteiger partial charge is 0.329 e. The van der Waals surface area contributed by atoms with Crippen LogP contribution >= 0.6 is 0 Å². The number of hydrogen-bond donors (Lipinski definition) is 0. The van der Waals surface area contributed by atoms with Gasteiger partial charge in [-0.2, -0.15) is 0 Å². The quantitative estimate of drug-likeness (QED) is 0.475. The van der Waals surface area contributed by atoms with E-state index in [1.54, 1.807) is 0 Å². The topological polar surface area (TPSA) is 61.8 Å². The average molecular weight is 304 g/mol. The van der Waals surface area contributed by atoms with Crippen molar-refractivity contribution in [2.75, 3.05) is 0 Å². The number of hydrogen-bond acceptors (Lipinski definition) is 5. The first-order chi connectivity index (χ1) is 10.3. The number of carbonyl (C=O) groups excluding carboxylic acids is 2. The van der Waals surface area contributed by atoms with Gasteiger partial charge in [-0.15, -0.1) is 6.58 Å². The van der Waals surface area contributed by atoms with Crippen molar-refractivity contribution in [1.82, 2.24) is 0 Å². The number of ether oxygens (including phenoxy) is 3. The van der Waals surface area contributed by atoms with Crippen molar-refractivity contribution in [3.8, 4) is 0 Å². The molecule has 1 aromatic rings. The van der Waals surface area contributed by atoms with E-state index in [2.05, 4.69) is 6.58 Å². The third-order valence-corrected chi connectivity index (χ3v) is 3.58. The molecule has 5 heteroatoms. The highest BCUT2D eigenvalue weighted by atomic mass is 16.7. The summed E-state index contributed by atoms with van der Waals surface area (Å²) in [6.07, 6.45) is 0.577. The molecule has 118 valence electrons. The fourth-order valence-corrected chi connectivity index (χ4v) is 2.23. The fraction of sp³-hybridized carbons (Fsp3) is 0.412. The molecule has 0 bridgehead atoms. The van der Waals surface area contributed by atoms with Gasteiger partial charge in [0, 0.05) is 13.8 Å². The van der Waals surface area contributed by atoms with Crippen LogP contribution in [0.5, 0.6) is 0 Å². The summed E-state index contributed by atoms with van der Waals surface area (Å²) < 4.78 is 16.1. The lowest BCUT2D eigenvalue weighted by atomic mass is 9.83. The van der Waals surface area contributed by atoms with Gasteiger partial charge >= 0.3 is 11.9 Å². The van der Waals surface area contributed by atoms with E-state index in [9.17, 15) is 9.59 Å². The van der Waals surface area contributed by atoms with Crippen LogP contribution < -0.4 is 0 Å². The van der Waals surface area contributed by atoms with E-state index in [0.29, 0.717) is 0 Å². The van der Waals surface area contributed by atoms with Crippen LogP contribution in [0.25, 0.3) is 0 Å². The number of carbonyl (C=O) groups is 2. The van der Waals surface area contributed by atoms with Crippen molar-refractivity contribution in [3.63, 3.8) is 0 Å². The van der Waals surface area contributed by atoms with Gasteiger partial charge in [0.25, 0.3) is 5.79 Å². The van der Waals surface area contributed by atoms with Crippen LogP contribution in [0.4, 0.5) is 0 Å². The molecule has 1 aromatic carbocycles. The van der Waals surface area contributed by atoms with E-state index >= 15 is 0 Å². The summed E-state index contributed by atoms with van der Waals surface area (Å²) in [5.41, 5.74) is -0.637. The molecule has 0 aromatic heterocycles. The highest BCUT2D eigenvalue weighted by Gasteiger charge is 2.57. The standard InChI is InChI=1S/C17H20O5/c1-5-13(20-11-12-9-7-6-8-10-12)17(4)14(18)21-16(2,3)22-15(17)19/h5-10,13H,1,11H2,2-4H3/t13-/m1/s1. The van der Waals surface area contributed by atoms with Crippen LogP contribution in [0.15, 0.2) is 43.0 Å². The van der Waals surface area contributed by atoms with Crippen LogP contribution in [-0.2, 0) is 30.4 Å². The molecular formula is C17H20O5. The van der Waals surface area contributed by atoms with Crippen molar-refractivity contribution >= 4 is 11.9 Å². The monoisotopic (exact) mass is 304 g/mol. The van der Waals surface area contributed by atoms with Gasteiger partial charge in [0.2, 0.25) is 0 Å². The van der Waals surface area contributed by atoms with Crippen LogP contribution in [0.1, 0.15) is 26.3 Å². The summed E-state index contributed by atoms with van der Waals surface area (Å²) in [6, 6.07) is 9.45. The second-order valence-electron chi connectivity index (χ2n) is 5.83. The predicted octanol–water partition coefficient (Wildman–Crippen LogP) is 2.60. The third-order valence-electron chi connectivity index (χ3n) is 3.58. The lowest BCUT2D eigenvalue weighted by molar-refractivity contribution is -0.256. The highest BCUT2D eigenvalue weighted by Crippen LogP contribution is 2.37. The molecule has 0 radical (unpaired) electrons. The summed E-state index contributed by atoms with van der Waals surface area (Å²) in [7, 11) is 0. The normalized spacial score (nSPS) is 20.7. The molecule has 1 aliphatic rings. The second kappa shape index (κ2) is 5.93. The van der Waals surface area contributed by atoms with Gasteiger partial charge in [-0.3, -0.25) is 9.59 Å². The zero-order chi connectivity index (χ0) is 16.4. The maximum atomic E-state index is 12.3. The van der Waals surface area contributed by atoms with Crippen molar-refractivity contribution in [1.29, 1.82) is 0 Å². The molecule has 1 aliphatic heterocycles. The summed E-state index contributed by atoms with van der Waals surface area (Å²) in [4.78, 5) is 24.6. The van der Waals surface area contributed by atoms with Crippen molar-refractivity contribution in [3.05, 3.63) is 48.6 Å². The first-order valence-corrected chi connectivity index (χ1v) is 7.04. The van der Waals surface area contributed by atoms with Crippen molar-refractivity contribution in [2.24, 2.45) is 5.41 Å². The van der Waals surface area contributed by atoms with E-state index in [4.69, 9.17) is 14.2 Å². The van der Waals surface area contributed by atoms with Crippen molar-refractivity contribution < 1.29 is 23.8 Å². The Labute approximate surface area is 129 Å². The van der Waals surface area contributed by atoms with Crippen LogP contribution in [0.2, 0.25) is 0 Å². The Morgan fingerprint density at radius 3 is 2.18 bits per heavy atom. The summed E-state index contributed by atoms with van der Waals surface area (Å²) in [6.45, 7) is 8.37. The first kappa shape index (κ1) is 16.2. The zero-order valence-electron chi connectivity index (χ0n) is 13.0. The van der Waals surface area contributed by atoms with Crippen LogP contribution in [-0.4, -0.2) is 23.8 Å². The predicted molar refractivity (Wildman–Crippen MR) is 79.6 cm³/mol. The summed E-state index contributed by atoms with van der Waals surface area (Å²) in [5, 5.41) is 0. The molecule has 22 heavy (non-hydrogen) atoms. The van der Waals surface area contributed by atoms with E-state index in [0.717, 1.165) is 5.56 Å². The first-order valence-electron chi connectivity index (χ1n) is 7.04. The molecule has 1 atom stereocenters. The zero-order valence-corrected chi connectivity index (χ0v) is 13.0. The van der Waals surface area contributed by atoms with E-state index in [1.165, 1.54) is 26.8 Å². The maximum absolute atomic E-state index is 12.3. The maximum Gasteiger partial charge on any atom is 0.329 e. The molecule has 5 nitrogen and oxygen atoms in total. The van der Waals surface area contributed by atoms with E-state index < -0.39 is 29.2 Å². The molecule has 0 amide bonds. The lowest BCUT2D eigenvalue weighted by Gasteiger charge is -2.40. The molecule has 0 aliphatic carbocycles. The molecule has 1 heterocycles. The molecule has 0 spiro atoms. The molecule has 2 rings (SSSR count). The number of benzene rings is 1. The SMILES string of the molecule is C=C[C@@H](OCc1ccccc1)C1(C)C(=O)OC(C)(C)OC1=O. The number of esters is 2. The Bertz CT molecular complexity index is 556. The Morgan fingerprint density at radius 2 is 1.68 bits per heavy atom. The number of cyclic esters (lactones) is 2. The highest BCUT2D eigenvalue weighted by molar-refractivity contribution is 6.02. The van der Waals surface area contributed by atoms with Crippen molar-refractivity contribution in [2.45, 2.75) is 39.3 Å². The lowest BCUT2D eigenvalue weighted by Crippen LogP contribution is -2.57. The Hall–Kier alpha value is -2.14. The minimum Gasteiger partial charge on any atom is -0.422 e. The number of rotatable bonds is 5. The molecule has 0 N–H and O–H groups in total. The van der Waals surface area contributed by atoms with E-state index in [1.807, 2.05) is 30.3 Å². The van der Waals surface area contributed by atoms with Gasteiger partial charge in [-0.1, -0.05) is 36.4 Å². The van der Waals surface area contributed by atoms with Gasteiger partial charge in [-0.05, 0) is 12.5 Å². The Balaban J connectivity index is 2.17.